The van der Waals surface area contributed by atoms with Crippen molar-refractivity contribution >= 4 is 29.8 Å². The lowest BCUT2D eigenvalue weighted by Gasteiger charge is -1.99. The lowest BCUT2D eigenvalue weighted by Crippen LogP contribution is -2.43. The second kappa shape index (κ2) is 1.82. The summed E-state index contributed by atoms with van der Waals surface area (Å²) < 4.78 is 0. The lowest BCUT2D eigenvalue weighted by molar-refractivity contribution is -0.113. The second-order valence-electron chi connectivity index (χ2n) is 1.92. The molecule has 3 amide bonds. The van der Waals surface area contributed by atoms with Crippen molar-refractivity contribution in [3.8, 4) is 0 Å². The van der Waals surface area contributed by atoms with Crippen LogP contribution in [0.25, 0.3) is 0 Å². The zero-order valence-corrected chi connectivity index (χ0v) is 5.24. The highest BCUT2D eigenvalue weighted by atomic mass is 16.2. The van der Waals surface area contributed by atoms with Crippen LogP contribution < -0.4 is 10.3 Å². The largest absolute Gasteiger partial charge is 0.351 e. The topological polar surface area (TPSA) is 85.0 Å². The monoisotopic (exact) mass is 150 g/mol. The maximum absolute atomic E-state index is 10.9. The molecule has 0 fully saturated rings. The van der Waals surface area contributed by atoms with E-state index in [1.807, 2.05) is 5.32 Å². The van der Waals surface area contributed by atoms with Crippen LogP contribution in [0.1, 0.15) is 0 Å². The van der Waals surface area contributed by atoms with Crippen molar-refractivity contribution in [3.63, 3.8) is 0 Å². The molecule has 53 valence electrons. The molecule has 0 aliphatic carbocycles. The number of imide groups is 1. The van der Waals surface area contributed by atoms with Crippen LogP contribution in [0.5, 0.6) is 0 Å². The Kier molecular flexibility index (Phi) is 0.974. The summed E-state index contributed by atoms with van der Waals surface area (Å²) in [6.07, 6.45) is 1.19. The van der Waals surface area contributed by atoms with Crippen molar-refractivity contribution in [2.45, 2.75) is 0 Å². The summed E-state index contributed by atoms with van der Waals surface area (Å²) in [5, 5.41) is 1.97. The molecule has 0 bridgehead atoms. The smallest absolute Gasteiger partial charge is 0.268 e. The fraction of sp³-hybridized carbons (Fsp3) is 0. The minimum atomic E-state index is -0.692. The van der Waals surface area contributed by atoms with E-state index in [0.717, 1.165) is 0 Å². The van der Waals surface area contributed by atoms with Gasteiger partial charge in [0.25, 0.3) is 0 Å². The van der Waals surface area contributed by atoms with Gasteiger partial charge in [-0.05, 0) is 9.98 Å². The molecular formula is C5H2N4O2+. The van der Waals surface area contributed by atoms with Crippen molar-refractivity contribution < 1.29 is 9.59 Å². The van der Waals surface area contributed by atoms with Crippen LogP contribution in [-0.4, -0.2) is 29.8 Å². The van der Waals surface area contributed by atoms with Gasteiger partial charge in [0.05, 0.1) is 0 Å². The summed E-state index contributed by atoms with van der Waals surface area (Å²) >= 11 is 0. The Morgan fingerprint density at radius 1 is 1.45 bits per heavy atom. The molecule has 0 saturated heterocycles. The first-order valence-corrected chi connectivity index (χ1v) is 2.82. The zero-order valence-electron chi connectivity index (χ0n) is 5.24. The molecule has 0 spiro atoms. The summed E-state index contributed by atoms with van der Waals surface area (Å²) in [7, 11) is 0. The first kappa shape index (κ1) is 5.90. The van der Waals surface area contributed by atoms with Gasteiger partial charge in [-0.15, -0.1) is 4.99 Å². The number of amidine groups is 1. The summed E-state index contributed by atoms with van der Waals surface area (Å²) in [6.45, 7) is 0. The third-order valence-corrected chi connectivity index (χ3v) is 1.22. The maximum Gasteiger partial charge on any atom is 0.351 e. The van der Waals surface area contributed by atoms with Crippen LogP contribution in [0.15, 0.2) is 9.98 Å². The number of carbonyl (C=O) groups is 2. The fourth-order valence-corrected chi connectivity index (χ4v) is 0.783. The molecule has 0 aromatic rings. The van der Waals surface area contributed by atoms with Gasteiger partial charge >= 0.3 is 29.8 Å². The van der Waals surface area contributed by atoms with Gasteiger partial charge in [0.2, 0.25) is 0 Å². The van der Waals surface area contributed by atoms with Crippen LogP contribution in [0.2, 0.25) is 0 Å². The van der Waals surface area contributed by atoms with E-state index in [0.29, 0.717) is 0 Å². The van der Waals surface area contributed by atoms with Crippen molar-refractivity contribution in [2.75, 3.05) is 0 Å². The second-order valence-corrected chi connectivity index (χ2v) is 1.92. The van der Waals surface area contributed by atoms with Crippen LogP contribution in [0.3, 0.4) is 0 Å². The normalized spacial score (nSPS) is 20.7. The number of rotatable bonds is 0. The molecule has 2 heterocycles. The van der Waals surface area contributed by atoms with Gasteiger partial charge in [-0.3, -0.25) is 10.1 Å². The first-order valence-electron chi connectivity index (χ1n) is 2.82. The molecule has 0 saturated carbocycles. The molecule has 6 nitrogen and oxygen atoms in total. The van der Waals surface area contributed by atoms with Crippen LogP contribution in [0, 0.1) is 0 Å². The molecule has 0 unspecified atom stereocenters. The van der Waals surface area contributed by atoms with Crippen molar-refractivity contribution in [2.24, 2.45) is 9.98 Å². The van der Waals surface area contributed by atoms with Crippen LogP contribution in [0.4, 0.5) is 4.79 Å². The van der Waals surface area contributed by atoms with Gasteiger partial charge in [-0.1, -0.05) is 0 Å². The summed E-state index contributed by atoms with van der Waals surface area (Å²) in [5.74, 6) is -0.448. The fourth-order valence-electron chi connectivity index (χ4n) is 0.783. The Bertz CT molecular complexity index is 338. The average molecular weight is 150 g/mol. The predicted octanol–water partition coefficient (Wildman–Crippen LogP) is -1.55. The summed E-state index contributed by atoms with van der Waals surface area (Å²) in [6, 6.07) is -0.692. The van der Waals surface area contributed by atoms with E-state index in [4.69, 9.17) is 0 Å². The molecular weight excluding hydrogens is 148 g/mol. The van der Waals surface area contributed by atoms with E-state index in [1.165, 1.54) is 6.34 Å². The van der Waals surface area contributed by atoms with Gasteiger partial charge in [-0.2, -0.15) is 0 Å². The van der Waals surface area contributed by atoms with Crippen molar-refractivity contribution in [1.29, 1.82) is 0 Å². The highest BCUT2D eigenvalue weighted by Crippen LogP contribution is 1.96. The lowest BCUT2D eigenvalue weighted by atomic mass is 10.3. The Morgan fingerprint density at radius 2 is 2.27 bits per heavy atom. The molecule has 2 aliphatic rings. The molecule has 1 N–H and O–H groups in total. The highest BCUT2D eigenvalue weighted by molar-refractivity contribution is 6.71. The zero-order chi connectivity index (χ0) is 7.84. The molecule has 1 radical (unpaired) electrons. The minimum absolute atomic E-state index is 0.0961. The average Bonchev–Trinajstić information content (AvgIpc) is 2.34. The highest BCUT2D eigenvalue weighted by Gasteiger charge is 2.36. The standard InChI is InChI=1S/C5H2N4O2/c10-4-2-3(7-1-6-2)8-5(11)9-4/h1H,(H,9,10,11)/q+1. The van der Waals surface area contributed by atoms with Gasteiger partial charge in [0, 0.05) is 0 Å². The third kappa shape index (κ3) is 0.759. The van der Waals surface area contributed by atoms with Gasteiger partial charge < -0.3 is 0 Å². The summed E-state index contributed by atoms with van der Waals surface area (Å²) in [5.41, 5.74) is 0.101. The van der Waals surface area contributed by atoms with Crippen molar-refractivity contribution in [3.05, 3.63) is 0 Å². The van der Waals surface area contributed by atoms with Gasteiger partial charge in [-0.25, -0.2) is 4.79 Å². The molecule has 0 aromatic carbocycles. The van der Waals surface area contributed by atoms with Gasteiger partial charge in [0.15, 0.2) is 0 Å². The van der Waals surface area contributed by atoms with Crippen LogP contribution >= 0.6 is 0 Å². The number of fused-ring (bicyclic) bond motifs is 1. The van der Waals surface area contributed by atoms with E-state index in [1.54, 1.807) is 0 Å². The minimum Gasteiger partial charge on any atom is -0.268 e. The Morgan fingerprint density at radius 3 is 3.09 bits per heavy atom. The Balaban J connectivity index is 2.53. The summed E-state index contributed by atoms with van der Waals surface area (Å²) in [4.78, 5) is 32.0. The van der Waals surface area contributed by atoms with Crippen molar-refractivity contribution in [1.82, 2.24) is 10.3 Å². The Hall–Kier alpha value is -1.85. The predicted molar refractivity (Wildman–Crippen MR) is 36.6 cm³/mol. The number of aliphatic imine (C=N–C) groups is 3. The molecule has 0 atom stereocenters. The number of hydrogen-bond donors (Lipinski definition) is 1. The van der Waals surface area contributed by atoms with E-state index >= 15 is 0 Å². The van der Waals surface area contributed by atoms with E-state index in [2.05, 4.69) is 15.0 Å². The SMILES string of the molecule is O=C1N=C2N=C[N+]=C2C(=O)N1. The number of nitrogens with zero attached hydrogens (tertiary/aromatic N) is 3. The molecule has 11 heavy (non-hydrogen) atoms. The molecule has 6 heteroatoms. The number of amides is 3. The van der Waals surface area contributed by atoms with E-state index in [-0.39, 0.29) is 11.5 Å². The third-order valence-electron chi connectivity index (χ3n) is 1.22. The molecule has 2 aliphatic heterocycles. The van der Waals surface area contributed by atoms with Crippen LogP contribution in [-0.2, 0) is 4.79 Å². The number of nitrogens with one attached hydrogen (secondary N) is 1. The Labute approximate surface area is 60.7 Å². The first-order chi connectivity index (χ1) is 5.27. The van der Waals surface area contributed by atoms with E-state index < -0.39 is 11.9 Å². The molecule has 2 rings (SSSR count). The van der Waals surface area contributed by atoms with Gasteiger partial charge in [0.1, 0.15) is 0 Å². The number of carbonyl (C=O) groups excluding carboxylic acids is 2. The van der Waals surface area contributed by atoms with E-state index in [9.17, 15) is 9.59 Å². The number of hydrogen-bond acceptors (Lipinski definition) is 4. The maximum atomic E-state index is 10.9. The number of urea groups is 1. The molecule has 0 aromatic heterocycles. The quantitative estimate of drug-likeness (QED) is 0.453.